The predicted molar refractivity (Wildman–Crippen MR) is 92.8 cm³/mol. The molecular weight excluding hydrogens is 318 g/mol. The van der Waals surface area contributed by atoms with Crippen LogP contribution in [0.4, 0.5) is 0 Å². The largest absolute Gasteiger partial charge is 0.497 e. The number of rotatable bonds is 5. The fourth-order valence-electron chi connectivity index (χ4n) is 2.91. The molecule has 6 nitrogen and oxygen atoms in total. The molecule has 0 spiro atoms. The van der Waals surface area contributed by atoms with Gasteiger partial charge in [-0.05, 0) is 37.5 Å². The van der Waals surface area contributed by atoms with E-state index in [4.69, 9.17) is 9.26 Å². The fourth-order valence-corrected chi connectivity index (χ4v) is 2.91. The lowest BCUT2D eigenvalue weighted by molar-refractivity contribution is 0.414. The molecule has 4 rings (SSSR count). The third-order valence-electron chi connectivity index (χ3n) is 4.35. The van der Waals surface area contributed by atoms with E-state index in [-0.39, 0.29) is 5.56 Å². The Morgan fingerprint density at radius 3 is 2.80 bits per heavy atom. The molecule has 1 aromatic carbocycles. The van der Waals surface area contributed by atoms with Crippen molar-refractivity contribution in [2.24, 2.45) is 0 Å². The molecule has 2 heterocycles. The number of aryl methyl sites for hydroxylation is 1. The molecule has 1 aliphatic rings. The number of nitrogens with zero attached hydrogens (tertiary/aromatic N) is 3. The standard InChI is InChI=1S/C19H19N3O3/c1-12-8-17(25-21-12)16-10-18(23)22(20-19(16)14-6-7-14)11-13-4-3-5-15(9-13)24-2/h3-5,8-10,14H,6-7,11H2,1-2H3. The van der Waals surface area contributed by atoms with E-state index in [0.717, 1.165) is 41.1 Å². The molecule has 1 aliphatic carbocycles. The van der Waals surface area contributed by atoms with E-state index < -0.39 is 0 Å². The van der Waals surface area contributed by atoms with Crippen LogP contribution in [0.1, 0.15) is 35.7 Å². The van der Waals surface area contributed by atoms with E-state index in [9.17, 15) is 4.79 Å². The quantitative estimate of drug-likeness (QED) is 0.715. The summed E-state index contributed by atoms with van der Waals surface area (Å²) in [5.41, 5.74) is 3.28. The molecule has 0 bridgehead atoms. The van der Waals surface area contributed by atoms with Crippen LogP contribution in [0, 0.1) is 6.92 Å². The van der Waals surface area contributed by atoms with Gasteiger partial charge in [-0.2, -0.15) is 5.10 Å². The highest BCUT2D eigenvalue weighted by Gasteiger charge is 2.30. The fraction of sp³-hybridized carbons (Fsp3) is 0.316. The predicted octanol–water partition coefficient (Wildman–Crippen LogP) is 3.14. The van der Waals surface area contributed by atoms with Crippen molar-refractivity contribution >= 4 is 0 Å². The number of hydrogen-bond donors (Lipinski definition) is 0. The molecule has 25 heavy (non-hydrogen) atoms. The van der Waals surface area contributed by atoms with E-state index in [0.29, 0.717) is 18.2 Å². The maximum Gasteiger partial charge on any atom is 0.267 e. The molecule has 0 saturated heterocycles. The Kier molecular flexibility index (Phi) is 3.87. The van der Waals surface area contributed by atoms with Gasteiger partial charge in [0, 0.05) is 23.6 Å². The highest BCUT2D eigenvalue weighted by atomic mass is 16.5. The van der Waals surface area contributed by atoms with Crippen LogP contribution in [0.3, 0.4) is 0 Å². The summed E-state index contributed by atoms with van der Waals surface area (Å²) < 4.78 is 12.1. The summed E-state index contributed by atoms with van der Waals surface area (Å²) in [6.45, 7) is 2.27. The zero-order chi connectivity index (χ0) is 17.4. The van der Waals surface area contributed by atoms with E-state index in [2.05, 4.69) is 10.3 Å². The van der Waals surface area contributed by atoms with Crippen LogP contribution in [0.2, 0.25) is 0 Å². The highest BCUT2D eigenvalue weighted by molar-refractivity contribution is 5.61. The molecule has 6 heteroatoms. The first-order chi connectivity index (χ1) is 12.1. The lowest BCUT2D eigenvalue weighted by atomic mass is 10.1. The molecule has 1 saturated carbocycles. The number of methoxy groups -OCH3 is 1. The van der Waals surface area contributed by atoms with Crippen LogP contribution in [0.15, 0.2) is 45.7 Å². The van der Waals surface area contributed by atoms with Crippen LogP contribution in [-0.2, 0) is 6.54 Å². The van der Waals surface area contributed by atoms with E-state index in [1.807, 2.05) is 37.3 Å². The molecule has 128 valence electrons. The van der Waals surface area contributed by atoms with Crippen molar-refractivity contribution < 1.29 is 9.26 Å². The number of hydrogen-bond acceptors (Lipinski definition) is 5. The summed E-state index contributed by atoms with van der Waals surface area (Å²) in [4.78, 5) is 12.6. The molecule has 0 amide bonds. The topological polar surface area (TPSA) is 70.2 Å². The first-order valence-electron chi connectivity index (χ1n) is 8.33. The van der Waals surface area contributed by atoms with E-state index in [1.165, 1.54) is 4.68 Å². The average molecular weight is 337 g/mol. The Labute approximate surface area is 145 Å². The molecule has 0 atom stereocenters. The second-order valence-electron chi connectivity index (χ2n) is 6.40. The van der Waals surface area contributed by atoms with Crippen molar-refractivity contribution in [1.29, 1.82) is 0 Å². The lowest BCUT2D eigenvalue weighted by Gasteiger charge is -2.11. The Morgan fingerprint density at radius 2 is 2.12 bits per heavy atom. The van der Waals surface area contributed by atoms with Gasteiger partial charge in [0.1, 0.15) is 5.75 Å². The number of aromatic nitrogens is 3. The highest BCUT2D eigenvalue weighted by Crippen LogP contribution is 2.42. The van der Waals surface area contributed by atoms with Gasteiger partial charge in [-0.1, -0.05) is 17.3 Å². The monoisotopic (exact) mass is 337 g/mol. The second-order valence-corrected chi connectivity index (χ2v) is 6.40. The van der Waals surface area contributed by atoms with Crippen molar-refractivity contribution in [3.05, 3.63) is 63.7 Å². The molecule has 0 unspecified atom stereocenters. The Hall–Kier alpha value is -2.89. The van der Waals surface area contributed by atoms with E-state index in [1.54, 1.807) is 13.2 Å². The molecule has 2 aromatic heterocycles. The molecular formula is C19H19N3O3. The average Bonchev–Trinajstić information content (AvgIpc) is 3.37. The minimum Gasteiger partial charge on any atom is -0.497 e. The molecule has 3 aromatic rings. The molecule has 1 fully saturated rings. The summed E-state index contributed by atoms with van der Waals surface area (Å²) >= 11 is 0. The molecule has 0 radical (unpaired) electrons. The zero-order valence-corrected chi connectivity index (χ0v) is 14.2. The van der Waals surface area contributed by atoms with Gasteiger partial charge in [0.05, 0.1) is 25.0 Å². The summed E-state index contributed by atoms with van der Waals surface area (Å²) in [6.07, 6.45) is 2.18. The first kappa shape index (κ1) is 15.6. The van der Waals surface area contributed by atoms with Crippen molar-refractivity contribution in [3.63, 3.8) is 0 Å². The van der Waals surface area contributed by atoms with Crippen molar-refractivity contribution in [3.8, 4) is 17.1 Å². The van der Waals surface area contributed by atoms with Gasteiger partial charge in [0.25, 0.3) is 5.56 Å². The van der Waals surface area contributed by atoms with Crippen LogP contribution < -0.4 is 10.3 Å². The summed E-state index contributed by atoms with van der Waals surface area (Å²) in [7, 11) is 1.63. The molecule has 0 aliphatic heterocycles. The van der Waals surface area contributed by atoms with Gasteiger partial charge in [-0.3, -0.25) is 4.79 Å². The van der Waals surface area contributed by atoms with Crippen LogP contribution in [-0.4, -0.2) is 22.0 Å². The van der Waals surface area contributed by atoms with Gasteiger partial charge < -0.3 is 9.26 Å². The van der Waals surface area contributed by atoms with Crippen molar-refractivity contribution in [1.82, 2.24) is 14.9 Å². The number of benzene rings is 1. The smallest absolute Gasteiger partial charge is 0.267 e. The SMILES string of the molecule is COc1cccc(Cn2nc(C3CC3)c(-c3cc(C)no3)cc2=O)c1. The maximum atomic E-state index is 12.6. The minimum absolute atomic E-state index is 0.156. The van der Waals surface area contributed by atoms with Crippen molar-refractivity contribution in [2.75, 3.05) is 7.11 Å². The number of ether oxygens (including phenoxy) is 1. The normalized spacial score (nSPS) is 13.8. The lowest BCUT2D eigenvalue weighted by Crippen LogP contribution is -2.24. The minimum atomic E-state index is -0.156. The first-order valence-corrected chi connectivity index (χ1v) is 8.33. The second kappa shape index (κ2) is 6.20. The van der Waals surface area contributed by atoms with Gasteiger partial charge in [0.15, 0.2) is 5.76 Å². The molecule has 0 N–H and O–H groups in total. The zero-order valence-electron chi connectivity index (χ0n) is 14.2. The van der Waals surface area contributed by atoms with E-state index >= 15 is 0 Å². The van der Waals surface area contributed by atoms with Gasteiger partial charge in [0.2, 0.25) is 0 Å². The summed E-state index contributed by atoms with van der Waals surface area (Å²) in [6, 6.07) is 11.1. The maximum absolute atomic E-state index is 12.6. The van der Waals surface area contributed by atoms with Gasteiger partial charge in [-0.25, -0.2) is 4.68 Å². The van der Waals surface area contributed by atoms with Crippen molar-refractivity contribution in [2.45, 2.75) is 32.2 Å². The van der Waals surface area contributed by atoms with Crippen LogP contribution in [0.25, 0.3) is 11.3 Å². The van der Waals surface area contributed by atoms with Crippen LogP contribution >= 0.6 is 0 Å². The summed E-state index contributed by atoms with van der Waals surface area (Å²) in [5.74, 6) is 1.76. The third-order valence-corrected chi connectivity index (χ3v) is 4.35. The Bertz CT molecular complexity index is 970. The van der Waals surface area contributed by atoms with Gasteiger partial charge >= 0.3 is 0 Å². The summed E-state index contributed by atoms with van der Waals surface area (Å²) in [5, 5.41) is 8.57. The Balaban J connectivity index is 1.74. The van der Waals surface area contributed by atoms with Crippen LogP contribution in [0.5, 0.6) is 5.75 Å². The van der Waals surface area contributed by atoms with Gasteiger partial charge in [-0.15, -0.1) is 0 Å². The third kappa shape index (κ3) is 3.20. The Morgan fingerprint density at radius 1 is 1.28 bits per heavy atom.